The van der Waals surface area contributed by atoms with Gasteiger partial charge in [0.1, 0.15) is 5.82 Å². The first kappa shape index (κ1) is 14.3. The highest BCUT2D eigenvalue weighted by atomic mass is 19.1. The maximum Gasteiger partial charge on any atom is 0.307 e. The maximum atomic E-state index is 13.5. The van der Waals surface area contributed by atoms with Gasteiger partial charge in [0.25, 0.3) is 5.91 Å². The molecular weight excluding hydrogens is 286 g/mol. The minimum absolute atomic E-state index is 0.0381. The van der Waals surface area contributed by atoms with Crippen molar-refractivity contribution in [1.82, 2.24) is 4.98 Å². The molecule has 0 aliphatic heterocycles. The van der Waals surface area contributed by atoms with Crippen molar-refractivity contribution < 1.29 is 18.5 Å². The van der Waals surface area contributed by atoms with E-state index in [1.807, 2.05) is 0 Å². The van der Waals surface area contributed by atoms with Crippen molar-refractivity contribution in [3.63, 3.8) is 0 Å². The van der Waals surface area contributed by atoms with Crippen LogP contribution in [0.25, 0.3) is 0 Å². The molecule has 108 valence electrons. The molecule has 0 radical (unpaired) electrons. The summed E-state index contributed by atoms with van der Waals surface area (Å²) in [6, 6.07) is 2.27. The number of rotatable bonds is 3. The van der Waals surface area contributed by atoms with E-state index in [4.69, 9.17) is 5.73 Å². The molecule has 0 bridgehead atoms. The van der Waals surface area contributed by atoms with Crippen LogP contribution in [0.5, 0.6) is 0 Å². The number of hydrogen-bond donors (Lipinski definition) is 2. The first-order valence-corrected chi connectivity index (χ1v) is 5.54. The lowest BCUT2D eigenvalue weighted by Gasteiger charge is -2.08. The van der Waals surface area contributed by atoms with Gasteiger partial charge in [-0.2, -0.15) is 4.39 Å². The smallest absolute Gasteiger partial charge is 0.307 e. The number of nitro benzene ring substituents is 1. The molecule has 9 heteroatoms. The second-order valence-corrected chi connectivity index (χ2v) is 3.96. The van der Waals surface area contributed by atoms with E-state index in [0.717, 1.165) is 6.20 Å². The Balaban J connectivity index is 2.36. The Hall–Kier alpha value is -3.10. The number of nitrogens with one attached hydrogen (secondary N) is 1. The molecular formula is C12H8F2N4O3. The standard InChI is InChI=1S/C12H8F2N4O3/c13-7-3-8(14)11(18(20)21)4-10(7)17-12(19)6-5-16-2-1-9(6)15/h1-5H,(H2,15,16)(H,17,19). The zero-order valence-corrected chi connectivity index (χ0v) is 10.3. The highest BCUT2D eigenvalue weighted by molar-refractivity contribution is 6.07. The summed E-state index contributed by atoms with van der Waals surface area (Å²) in [6.07, 6.45) is 2.51. The Morgan fingerprint density at radius 2 is 2.05 bits per heavy atom. The van der Waals surface area contributed by atoms with Crippen molar-refractivity contribution in [2.75, 3.05) is 11.1 Å². The van der Waals surface area contributed by atoms with Crippen LogP contribution >= 0.6 is 0 Å². The number of benzene rings is 1. The Morgan fingerprint density at radius 1 is 1.33 bits per heavy atom. The summed E-state index contributed by atoms with van der Waals surface area (Å²) in [5, 5.41) is 12.7. The van der Waals surface area contributed by atoms with Gasteiger partial charge in [0.05, 0.1) is 16.2 Å². The number of carbonyl (C=O) groups excluding carboxylic acids is 1. The largest absolute Gasteiger partial charge is 0.398 e. The van der Waals surface area contributed by atoms with Crippen LogP contribution in [0.2, 0.25) is 0 Å². The summed E-state index contributed by atoms with van der Waals surface area (Å²) in [5.74, 6) is -3.30. The lowest BCUT2D eigenvalue weighted by Crippen LogP contribution is -2.15. The summed E-state index contributed by atoms with van der Waals surface area (Å²) in [7, 11) is 0. The van der Waals surface area contributed by atoms with Crippen molar-refractivity contribution in [1.29, 1.82) is 0 Å². The number of pyridine rings is 1. The van der Waals surface area contributed by atoms with Gasteiger partial charge >= 0.3 is 5.69 Å². The molecule has 0 unspecified atom stereocenters. The third-order valence-electron chi connectivity index (χ3n) is 2.58. The molecule has 21 heavy (non-hydrogen) atoms. The van der Waals surface area contributed by atoms with E-state index in [1.54, 1.807) is 0 Å². The van der Waals surface area contributed by atoms with E-state index >= 15 is 0 Å². The third kappa shape index (κ3) is 2.91. The molecule has 0 saturated carbocycles. The van der Waals surface area contributed by atoms with Gasteiger partial charge in [-0.25, -0.2) is 4.39 Å². The molecule has 0 atom stereocenters. The fourth-order valence-electron chi connectivity index (χ4n) is 1.56. The number of nitrogens with two attached hydrogens (primary N) is 1. The van der Waals surface area contributed by atoms with E-state index < -0.39 is 33.8 Å². The van der Waals surface area contributed by atoms with Gasteiger partial charge in [0, 0.05) is 30.2 Å². The average Bonchev–Trinajstić information content (AvgIpc) is 2.41. The van der Waals surface area contributed by atoms with E-state index in [0.29, 0.717) is 12.1 Å². The van der Waals surface area contributed by atoms with Crippen molar-refractivity contribution >= 4 is 23.0 Å². The third-order valence-corrected chi connectivity index (χ3v) is 2.58. The van der Waals surface area contributed by atoms with Gasteiger partial charge in [0.15, 0.2) is 0 Å². The number of carbonyl (C=O) groups is 1. The Morgan fingerprint density at radius 3 is 2.67 bits per heavy atom. The SMILES string of the molecule is Nc1ccncc1C(=O)Nc1cc([N+](=O)[O-])c(F)cc1F. The summed E-state index contributed by atoms with van der Waals surface area (Å²) in [6.45, 7) is 0. The zero-order chi connectivity index (χ0) is 15.6. The van der Waals surface area contributed by atoms with E-state index in [2.05, 4.69) is 10.3 Å². The summed E-state index contributed by atoms with van der Waals surface area (Å²) >= 11 is 0. The normalized spacial score (nSPS) is 10.2. The van der Waals surface area contributed by atoms with Crippen LogP contribution in [0, 0.1) is 21.7 Å². The fourth-order valence-corrected chi connectivity index (χ4v) is 1.56. The molecule has 1 amide bonds. The van der Waals surface area contributed by atoms with Crippen molar-refractivity contribution in [3.8, 4) is 0 Å². The minimum Gasteiger partial charge on any atom is -0.398 e. The topological polar surface area (TPSA) is 111 Å². The summed E-state index contributed by atoms with van der Waals surface area (Å²) in [5.41, 5.74) is 4.13. The molecule has 1 heterocycles. The highest BCUT2D eigenvalue weighted by Crippen LogP contribution is 2.25. The predicted octanol–water partition coefficient (Wildman–Crippen LogP) is 2.10. The van der Waals surface area contributed by atoms with Crippen molar-refractivity contribution in [2.45, 2.75) is 0 Å². The van der Waals surface area contributed by atoms with Gasteiger partial charge in [-0.3, -0.25) is 19.9 Å². The van der Waals surface area contributed by atoms with Gasteiger partial charge in [0.2, 0.25) is 5.82 Å². The van der Waals surface area contributed by atoms with E-state index in [1.165, 1.54) is 12.3 Å². The zero-order valence-electron chi connectivity index (χ0n) is 10.3. The molecule has 0 spiro atoms. The number of hydrogen-bond acceptors (Lipinski definition) is 5. The van der Waals surface area contributed by atoms with Crippen LogP contribution < -0.4 is 11.1 Å². The van der Waals surface area contributed by atoms with Crippen molar-refractivity contribution in [2.24, 2.45) is 0 Å². The summed E-state index contributed by atoms with van der Waals surface area (Å²) < 4.78 is 26.7. The molecule has 0 saturated heterocycles. The predicted molar refractivity (Wildman–Crippen MR) is 69.6 cm³/mol. The van der Waals surface area contributed by atoms with Crippen LogP contribution in [-0.2, 0) is 0 Å². The van der Waals surface area contributed by atoms with Gasteiger partial charge < -0.3 is 11.1 Å². The first-order valence-electron chi connectivity index (χ1n) is 5.54. The molecule has 3 N–H and O–H groups in total. The second-order valence-electron chi connectivity index (χ2n) is 3.96. The molecule has 0 aliphatic carbocycles. The number of nitrogens with zero attached hydrogens (tertiary/aromatic N) is 2. The maximum absolute atomic E-state index is 13.5. The number of aromatic nitrogens is 1. The number of anilines is 2. The first-order chi connectivity index (χ1) is 9.90. The molecule has 0 aliphatic rings. The Bertz CT molecular complexity index is 736. The molecule has 7 nitrogen and oxygen atoms in total. The number of nitrogen functional groups attached to an aromatic ring is 1. The lowest BCUT2D eigenvalue weighted by atomic mass is 10.2. The van der Waals surface area contributed by atoms with Gasteiger partial charge in [-0.1, -0.05) is 0 Å². The molecule has 1 aromatic carbocycles. The molecule has 2 rings (SSSR count). The quantitative estimate of drug-likeness (QED) is 0.665. The Kier molecular flexibility index (Phi) is 3.74. The lowest BCUT2D eigenvalue weighted by molar-refractivity contribution is -0.387. The molecule has 2 aromatic rings. The monoisotopic (exact) mass is 294 g/mol. The second kappa shape index (κ2) is 5.49. The van der Waals surface area contributed by atoms with Gasteiger partial charge in [-0.05, 0) is 6.07 Å². The number of halogens is 2. The highest BCUT2D eigenvalue weighted by Gasteiger charge is 2.20. The van der Waals surface area contributed by atoms with E-state index in [-0.39, 0.29) is 11.3 Å². The van der Waals surface area contributed by atoms with Crippen LogP contribution in [0.15, 0.2) is 30.6 Å². The summed E-state index contributed by atoms with van der Waals surface area (Å²) in [4.78, 5) is 25.2. The average molecular weight is 294 g/mol. The molecule has 0 fully saturated rings. The van der Waals surface area contributed by atoms with Crippen LogP contribution in [0.3, 0.4) is 0 Å². The van der Waals surface area contributed by atoms with Crippen LogP contribution in [0.4, 0.5) is 25.8 Å². The Labute approximate surface area is 116 Å². The van der Waals surface area contributed by atoms with Crippen LogP contribution in [0.1, 0.15) is 10.4 Å². The van der Waals surface area contributed by atoms with Crippen molar-refractivity contribution in [3.05, 3.63) is 57.9 Å². The number of nitro groups is 1. The van der Waals surface area contributed by atoms with Gasteiger partial charge in [-0.15, -0.1) is 0 Å². The van der Waals surface area contributed by atoms with Crippen LogP contribution in [-0.4, -0.2) is 15.8 Å². The minimum atomic E-state index is -1.34. The molecule has 1 aromatic heterocycles. The number of amides is 1. The fraction of sp³-hybridized carbons (Fsp3) is 0. The van der Waals surface area contributed by atoms with E-state index in [9.17, 15) is 23.7 Å².